The number of hydrazine groups is 1. The number of aromatic nitrogens is 3. The highest BCUT2D eigenvalue weighted by molar-refractivity contribution is 5.38. The van der Waals surface area contributed by atoms with Crippen LogP contribution in [-0.2, 0) is 6.54 Å². The summed E-state index contributed by atoms with van der Waals surface area (Å²) in [5.41, 5.74) is 15.6. The van der Waals surface area contributed by atoms with Gasteiger partial charge in [0.25, 0.3) is 0 Å². The summed E-state index contributed by atoms with van der Waals surface area (Å²) >= 11 is 0. The minimum Gasteiger partial charge on any atom is -0.367 e. The summed E-state index contributed by atoms with van der Waals surface area (Å²) in [5.74, 6) is 1.44. The minimum absolute atomic E-state index is 0.205. The average molecular weight is 411 g/mol. The van der Waals surface area contributed by atoms with Crippen molar-refractivity contribution in [2.75, 3.05) is 11.9 Å². The number of nitrogens with two attached hydrogens (primary N) is 1. The first-order chi connectivity index (χ1) is 14.7. The molecule has 8 nitrogen and oxygen atoms in total. The predicted octanol–water partition coefficient (Wildman–Crippen LogP) is 1.85. The third-order valence-electron chi connectivity index (χ3n) is 7.00. The highest BCUT2D eigenvalue weighted by Gasteiger charge is 2.42. The van der Waals surface area contributed by atoms with Crippen LogP contribution in [0, 0.1) is 5.92 Å². The molecule has 162 valence electrons. The second kappa shape index (κ2) is 8.63. The Bertz CT molecular complexity index is 851. The van der Waals surface area contributed by atoms with Gasteiger partial charge in [-0.25, -0.2) is 10.4 Å². The van der Waals surface area contributed by atoms with Gasteiger partial charge in [-0.3, -0.25) is 10.1 Å². The van der Waals surface area contributed by atoms with E-state index in [9.17, 15) is 0 Å². The van der Waals surface area contributed by atoms with Gasteiger partial charge in [0.1, 0.15) is 5.82 Å². The van der Waals surface area contributed by atoms with Crippen molar-refractivity contribution >= 4 is 5.82 Å². The second-order valence-electron chi connectivity index (χ2n) is 9.08. The van der Waals surface area contributed by atoms with Crippen molar-refractivity contribution in [2.24, 2.45) is 11.7 Å². The molecule has 1 saturated carbocycles. The molecule has 0 bridgehead atoms. The van der Waals surface area contributed by atoms with Crippen molar-refractivity contribution in [1.82, 2.24) is 30.9 Å². The molecule has 3 aliphatic rings. The van der Waals surface area contributed by atoms with Gasteiger partial charge in [-0.2, -0.15) is 5.10 Å². The molecular formula is C22H34N8. The van der Waals surface area contributed by atoms with E-state index in [1.807, 2.05) is 10.9 Å². The van der Waals surface area contributed by atoms with Gasteiger partial charge in [-0.1, -0.05) is 6.07 Å². The number of nitrogens with one attached hydrogen (secondary N) is 4. The third-order valence-corrected chi connectivity index (χ3v) is 7.00. The normalized spacial score (nSPS) is 33.9. The molecular weight excluding hydrogens is 376 g/mol. The molecule has 30 heavy (non-hydrogen) atoms. The van der Waals surface area contributed by atoms with E-state index >= 15 is 0 Å². The van der Waals surface area contributed by atoms with Gasteiger partial charge in [-0.15, -0.1) is 0 Å². The number of pyridine rings is 1. The number of hydrogen-bond acceptors (Lipinski definition) is 7. The molecule has 2 aromatic rings. The molecule has 6 atom stereocenters. The van der Waals surface area contributed by atoms with Crippen LogP contribution in [0.3, 0.4) is 0 Å². The van der Waals surface area contributed by atoms with Gasteiger partial charge in [-0.05, 0) is 51.2 Å². The number of hydrogen-bond donors (Lipinski definition) is 5. The lowest BCUT2D eigenvalue weighted by atomic mass is 9.82. The van der Waals surface area contributed by atoms with Crippen LogP contribution in [0.15, 0.2) is 30.6 Å². The highest BCUT2D eigenvalue weighted by atomic mass is 15.4. The first kappa shape index (κ1) is 19.9. The fourth-order valence-corrected chi connectivity index (χ4v) is 5.32. The quantitative estimate of drug-likeness (QED) is 0.512. The van der Waals surface area contributed by atoms with Gasteiger partial charge >= 0.3 is 0 Å². The van der Waals surface area contributed by atoms with Gasteiger partial charge in [0, 0.05) is 54.9 Å². The maximum absolute atomic E-state index is 6.16. The Balaban J connectivity index is 1.29. The Morgan fingerprint density at radius 2 is 2.17 bits per heavy atom. The molecule has 5 rings (SSSR count). The number of rotatable bonds is 5. The zero-order valence-electron chi connectivity index (χ0n) is 17.7. The summed E-state index contributed by atoms with van der Waals surface area (Å²) in [5, 5.41) is 11.8. The number of aryl methyl sites for hydroxylation is 1. The van der Waals surface area contributed by atoms with E-state index in [2.05, 4.69) is 57.9 Å². The lowest BCUT2D eigenvalue weighted by Gasteiger charge is -2.34. The minimum atomic E-state index is 0.205. The standard InChI is InChI=1S/C22H34N8/c1-2-30-13-14(11-25-30)19-10-17-20(12-24-19)28-29-22(17)18-7-4-8-21(27-18)26-16-6-3-5-15(23)9-16/h4,7-8,11,13,15-17,19-20,22,24,28-29H,2-3,5-6,9-10,12,23H2,1H3,(H,26,27). The largest absolute Gasteiger partial charge is 0.367 e. The number of piperidine rings is 1. The molecule has 6 unspecified atom stereocenters. The molecule has 3 fully saturated rings. The molecule has 0 spiro atoms. The Morgan fingerprint density at radius 1 is 1.23 bits per heavy atom. The fraction of sp³-hybridized carbons (Fsp3) is 0.636. The van der Waals surface area contributed by atoms with E-state index < -0.39 is 0 Å². The summed E-state index contributed by atoms with van der Waals surface area (Å²) in [6.07, 6.45) is 9.76. The molecule has 6 N–H and O–H groups in total. The molecule has 8 heteroatoms. The molecule has 4 heterocycles. The van der Waals surface area contributed by atoms with Gasteiger partial charge in [0.15, 0.2) is 0 Å². The van der Waals surface area contributed by atoms with Crippen LogP contribution in [0.5, 0.6) is 0 Å². The van der Waals surface area contributed by atoms with Gasteiger partial charge < -0.3 is 16.4 Å². The van der Waals surface area contributed by atoms with Crippen LogP contribution in [0.1, 0.15) is 62.4 Å². The van der Waals surface area contributed by atoms with Crippen LogP contribution in [-0.4, -0.2) is 39.4 Å². The van der Waals surface area contributed by atoms with Crippen LogP contribution >= 0.6 is 0 Å². The van der Waals surface area contributed by atoms with Crippen molar-refractivity contribution in [3.05, 3.63) is 41.9 Å². The molecule has 2 aliphatic heterocycles. The molecule has 1 aliphatic carbocycles. The summed E-state index contributed by atoms with van der Waals surface area (Å²) in [7, 11) is 0. The maximum Gasteiger partial charge on any atom is 0.126 e. The van der Waals surface area contributed by atoms with Crippen LogP contribution in [0.2, 0.25) is 0 Å². The van der Waals surface area contributed by atoms with Crippen LogP contribution in [0.25, 0.3) is 0 Å². The van der Waals surface area contributed by atoms with E-state index in [0.717, 1.165) is 43.9 Å². The predicted molar refractivity (Wildman–Crippen MR) is 118 cm³/mol. The topological polar surface area (TPSA) is 105 Å². The van der Waals surface area contributed by atoms with Crippen molar-refractivity contribution in [3.63, 3.8) is 0 Å². The van der Waals surface area contributed by atoms with Crippen molar-refractivity contribution in [2.45, 2.75) is 75.8 Å². The SMILES string of the molecule is CCn1cc(C2CC3C(CN2)NNC3c2cccc(NC3CCCC(N)C3)n2)cn1. The Kier molecular flexibility index (Phi) is 5.73. The molecule has 2 saturated heterocycles. The Labute approximate surface area is 178 Å². The number of nitrogens with zero attached hydrogens (tertiary/aromatic N) is 3. The summed E-state index contributed by atoms with van der Waals surface area (Å²) < 4.78 is 2.00. The maximum atomic E-state index is 6.16. The fourth-order valence-electron chi connectivity index (χ4n) is 5.32. The molecule has 0 radical (unpaired) electrons. The van der Waals surface area contributed by atoms with E-state index in [1.165, 1.54) is 18.4 Å². The van der Waals surface area contributed by atoms with E-state index in [0.29, 0.717) is 30.1 Å². The lowest BCUT2D eigenvalue weighted by molar-refractivity contribution is 0.265. The van der Waals surface area contributed by atoms with E-state index in [1.54, 1.807) is 0 Å². The number of fused-ring (bicyclic) bond motifs is 1. The lowest BCUT2D eigenvalue weighted by Crippen LogP contribution is -2.46. The monoisotopic (exact) mass is 410 g/mol. The van der Waals surface area contributed by atoms with Crippen molar-refractivity contribution in [3.8, 4) is 0 Å². The smallest absolute Gasteiger partial charge is 0.126 e. The zero-order valence-corrected chi connectivity index (χ0v) is 17.7. The summed E-state index contributed by atoms with van der Waals surface area (Å²) in [4.78, 5) is 4.99. The van der Waals surface area contributed by atoms with Crippen molar-refractivity contribution in [1.29, 1.82) is 0 Å². The second-order valence-corrected chi connectivity index (χ2v) is 9.08. The van der Waals surface area contributed by atoms with Crippen molar-refractivity contribution < 1.29 is 0 Å². The summed E-state index contributed by atoms with van der Waals surface area (Å²) in [6, 6.07) is 8.02. The number of anilines is 1. The first-order valence-corrected chi connectivity index (χ1v) is 11.5. The van der Waals surface area contributed by atoms with Crippen LogP contribution in [0.4, 0.5) is 5.82 Å². The third kappa shape index (κ3) is 4.09. The molecule has 0 amide bonds. The van der Waals surface area contributed by atoms with Gasteiger partial charge in [0.2, 0.25) is 0 Å². The van der Waals surface area contributed by atoms with Crippen LogP contribution < -0.4 is 27.2 Å². The molecule has 0 aromatic carbocycles. The highest BCUT2D eigenvalue weighted by Crippen LogP contribution is 2.38. The Hall–Kier alpha value is -2.00. The molecule has 2 aromatic heterocycles. The average Bonchev–Trinajstić information content (AvgIpc) is 3.40. The van der Waals surface area contributed by atoms with E-state index in [4.69, 9.17) is 10.7 Å². The zero-order chi connectivity index (χ0) is 20.5. The van der Waals surface area contributed by atoms with E-state index in [-0.39, 0.29) is 6.04 Å². The Morgan fingerprint density at radius 3 is 3.00 bits per heavy atom. The first-order valence-electron chi connectivity index (χ1n) is 11.5. The van der Waals surface area contributed by atoms with Gasteiger partial charge in [0.05, 0.1) is 17.9 Å². The summed E-state index contributed by atoms with van der Waals surface area (Å²) in [6.45, 7) is 3.96.